The van der Waals surface area contributed by atoms with Crippen LogP contribution in [0.2, 0.25) is 0 Å². The monoisotopic (exact) mass is 246 g/mol. The van der Waals surface area contributed by atoms with Crippen LogP contribution in [0.25, 0.3) is 0 Å². The van der Waals surface area contributed by atoms with Crippen LogP contribution >= 0.6 is 11.3 Å². The molecule has 0 aliphatic carbocycles. The molecular formula is C12H14N4S. The van der Waals surface area contributed by atoms with Crippen molar-refractivity contribution in [3.05, 3.63) is 40.0 Å². The first-order valence-corrected chi connectivity index (χ1v) is 6.61. The second kappa shape index (κ2) is 4.81. The first kappa shape index (κ1) is 10.7. The number of fused-ring (bicyclic) bond motifs is 1. The van der Waals surface area contributed by atoms with Crippen LogP contribution in [-0.2, 0) is 19.5 Å². The van der Waals surface area contributed by atoms with E-state index in [0.29, 0.717) is 0 Å². The minimum absolute atomic E-state index is 0.834. The molecule has 0 spiro atoms. The second-order valence-corrected chi connectivity index (χ2v) is 5.04. The van der Waals surface area contributed by atoms with Crippen molar-refractivity contribution in [2.45, 2.75) is 19.5 Å². The highest BCUT2D eigenvalue weighted by atomic mass is 32.1. The summed E-state index contributed by atoms with van der Waals surface area (Å²) in [5.74, 6) is 0.968. The van der Waals surface area contributed by atoms with Crippen LogP contribution < -0.4 is 10.6 Å². The Morgan fingerprint density at radius 1 is 1.41 bits per heavy atom. The zero-order chi connectivity index (χ0) is 11.5. The molecule has 4 nitrogen and oxygen atoms in total. The van der Waals surface area contributed by atoms with Gasteiger partial charge < -0.3 is 10.6 Å². The second-order valence-electron chi connectivity index (χ2n) is 4.01. The third kappa shape index (κ3) is 2.30. The van der Waals surface area contributed by atoms with Gasteiger partial charge in [0.05, 0.1) is 12.2 Å². The fraction of sp³-hybridized carbons (Fsp3) is 0.333. The molecule has 2 aromatic rings. The van der Waals surface area contributed by atoms with Crippen molar-refractivity contribution in [2.24, 2.45) is 0 Å². The van der Waals surface area contributed by atoms with E-state index in [-0.39, 0.29) is 0 Å². The van der Waals surface area contributed by atoms with E-state index < -0.39 is 0 Å². The molecule has 2 aromatic heterocycles. The predicted molar refractivity (Wildman–Crippen MR) is 69.1 cm³/mol. The predicted octanol–water partition coefficient (Wildman–Crippen LogP) is 1.80. The third-order valence-electron chi connectivity index (χ3n) is 2.89. The summed E-state index contributed by atoms with van der Waals surface area (Å²) in [6, 6.07) is 4.20. The van der Waals surface area contributed by atoms with Crippen LogP contribution in [0.3, 0.4) is 0 Å². The molecule has 2 N–H and O–H groups in total. The Labute approximate surface area is 104 Å². The Morgan fingerprint density at radius 2 is 2.41 bits per heavy atom. The summed E-state index contributed by atoms with van der Waals surface area (Å²) in [4.78, 5) is 9.99. The number of nitrogens with zero attached hydrogens (tertiary/aromatic N) is 2. The van der Waals surface area contributed by atoms with E-state index in [0.717, 1.165) is 31.9 Å². The number of anilines is 1. The standard InChI is InChI=1S/C12H14N4S/c1-2-9(17-5-1)6-14-12-10-7-13-4-3-11(10)15-8-16-12/h1-2,5,8,13H,3-4,6-7H2,(H,14,15,16). The maximum absolute atomic E-state index is 4.34. The summed E-state index contributed by atoms with van der Waals surface area (Å²) in [5.41, 5.74) is 2.39. The van der Waals surface area contributed by atoms with E-state index in [1.165, 1.54) is 16.1 Å². The molecule has 1 aliphatic heterocycles. The minimum Gasteiger partial charge on any atom is -0.365 e. The lowest BCUT2D eigenvalue weighted by Gasteiger charge is -2.18. The van der Waals surface area contributed by atoms with E-state index >= 15 is 0 Å². The molecule has 0 bridgehead atoms. The summed E-state index contributed by atoms with van der Waals surface area (Å²) in [6.45, 7) is 2.71. The van der Waals surface area contributed by atoms with E-state index in [1.807, 2.05) is 0 Å². The van der Waals surface area contributed by atoms with Crippen molar-refractivity contribution >= 4 is 17.2 Å². The number of thiophene rings is 1. The molecule has 0 radical (unpaired) electrons. The largest absolute Gasteiger partial charge is 0.365 e. The molecule has 0 amide bonds. The van der Waals surface area contributed by atoms with Crippen molar-refractivity contribution in [3.63, 3.8) is 0 Å². The molecule has 5 heteroatoms. The number of aromatic nitrogens is 2. The normalized spacial score (nSPS) is 14.4. The van der Waals surface area contributed by atoms with Crippen molar-refractivity contribution in [2.75, 3.05) is 11.9 Å². The third-order valence-corrected chi connectivity index (χ3v) is 3.76. The van der Waals surface area contributed by atoms with Gasteiger partial charge in [-0.05, 0) is 11.4 Å². The quantitative estimate of drug-likeness (QED) is 0.867. The Bertz CT molecular complexity index is 495. The van der Waals surface area contributed by atoms with E-state index in [2.05, 4.69) is 38.1 Å². The van der Waals surface area contributed by atoms with Crippen LogP contribution in [0.15, 0.2) is 23.8 Å². The van der Waals surface area contributed by atoms with Crippen LogP contribution in [0, 0.1) is 0 Å². The van der Waals surface area contributed by atoms with Gasteiger partial charge in [0.15, 0.2) is 0 Å². The zero-order valence-electron chi connectivity index (χ0n) is 9.44. The first-order valence-electron chi connectivity index (χ1n) is 5.73. The summed E-state index contributed by atoms with van der Waals surface area (Å²) < 4.78 is 0. The average Bonchev–Trinajstić information content (AvgIpc) is 2.89. The molecule has 0 atom stereocenters. The molecule has 0 saturated heterocycles. The highest BCUT2D eigenvalue weighted by Gasteiger charge is 2.14. The van der Waals surface area contributed by atoms with Crippen LogP contribution in [-0.4, -0.2) is 16.5 Å². The number of hydrogen-bond donors (Lipinski definition) is 2. The summed E-state index contributed by atoms with van der Waals surface area (Å²) in [5, 5.41) is 8.84. The van der Waals surface area contributed by atoms with Gasteiger partial charge in [0.2, 0.25) is 0 Å². The van der Waals surface area contributed by atoms with Gasteiger partial charge in [-0.25, -0.2) is 9.97 Å². The smallest absolute Gasteiger partial charge is 0.134 e. The molecular weight excluding hydrogens is 232 g/mol. The molecule has 88 valence electrons. The van der Waals surface area contributed by atoms with Gasteiger partial charge in [-0.15, -0.1) is 11.3 Å². The molecule has 0 aromatic carbocycles. The lowest BCUT2D eigenvalue weighted by molar-refractivity contribution is 0.627. The number of hydrogen-bond acceptors (Lipinski definition) is 5. The Balaban J connectivity index is 1.78. The number of nitrogens with one attached hydrogen (secondary N) is 2. The lowest BCUT2D eigenvalue weighted by atomic mass is 10.1. The molecule has 0 unspecified atom stereocenters. The van der Waals surface area contributed by atoms with Gasteiger partial charge in [-0.3, -0.25) is 0 Å². The highest BCUT2D eigenvalue weighted by molar-refractivity contribution is 7.09. The fourth-order valence-electron chi connectivity index (χ4n) is 2.01. The maximum atomic E-state index is 4.34. The maximum Gasteiger partial charge on any atom is 0.134 e. The molecule has 1 aliphatic rings. The first-order chi connectivity index (χ1) is 8.43. The van der Waals surface area contributed by atoms with Gasteiger partial charge in [0.1, 0.15) is 12.1 Å². The summed E-state index contributed by atoms with van der Waals surface area (Å²) in [6.07, 6.45) is 2.65. The van der Waals surface area contributed by atoms with Crippen molar-refractivity contribution in [1.29, 1.82) is 0 Å². The van der Waals surface area contributed by atoms with Crippen LogP contribution in [0.1, 0.15) is 16.1 Å². The van der Waals surface area contributed by atoms with Crippen LogP contribution in [0.5, 0.6) is 0 Å². The SMILES string of the molecule is c1csc(CNc2ncnc3c2CNCC3)c1. The molecule has 3 heterocycles. The average molecular weight is 246 g/mol. The van der Waals surface area contributed by atoms with Gasteiger partial charge in [-0.1, -0.05) is 6.07 Å². The molecule has 0 fully saturated rings. The topological polar surface area (TPSA) is 49.8 Å². The zero-order valence-corrected chi connectivity index (χ0v) is 10.3. The van der Waals surface area contributed by atoms with E-state index in [4.69, 9.17) is 0 Å². The van der Waals surface area contributed by atoms with E-state index in [9.17, 15) is 0 Å². The van der Waals surface area contributed by atoms with Crippen molar-refractivity contribution < 1.29 is 0 Å². The van der Waals surface area contributed by atoms with Crippen molar-refractivity contribution in [1.82, 2.24) is 15.3 Å². The van der Waals surface area contributed by atoms with E-state index in [1.54, 1.807) is 17.7 Å². The summed E-state index contributed by atoms with van der Waals surface area (Å²) >= 11 is 1.76. The molecule has 17 heavy (non-hydrogen) atoms. The Kier molecular flexibility index (Phi) is 3.02. The van der Waals surface area contributed by atoms with Crippen LogP contribution in [0.4, 0.5) is 5.82 Å². The van der Waals surface area contributed by atoms with Gasteiger partial charge in [-0.2, -0.15) is 0 Å². The molecule has 3 rings (SSSR count). The van der Waals surface area contributed by atoms with Crippen molar-refractivity contribution in [3.8, 4) is 0 Å². The summed E-state index contributed by atoms with van der Waals surface area (Å²) in [7, 11) is 0. The van der Waals surface area contributed by atoms with Gasteiger partial charge >= 0.3 is 0 Å². The minimum atomic E-state index is 0.834. The number of rotatable bonds is 3. The highest BCUT2D eigenvalue weighted by Crippen LogP contribution is 2.19. The molecule has 0 saturated carbocycles. The Morgan fingerprint density at radius 3 is 3.29 bits per heavy atom. The van der Waals surface area contributed by atoms with Gasteiger partial charge in [0, 0.05) is 30.0 Å². The fourth-order valence-corrected chi connectivity index (χ4v) is 2.65. The Hall–Kier alpha value is -1.46. The van der Waals surface area contributed by atoms with Gasteiger partial charge in [0.25, 0.3) is 0 Å². The lowest BCUT2D eigenvalue weighted by Crippen LogP contribution is -2.26.